The van der Waals surface area contributed by atoms with E-state index in [9.17, 15) is 4.79 Å². The summed E-state index contributed by atoms with van der Waals surface area (Å²) in [4.78, 5) is 15.9. The zero-order valence-corrected chi connectivity index (χ0v) is 9.47. The van der Waals surface area contributed by atoms with Crippen LogP contribution in [-0.4, -0.2) is 14.8 Å². The zero-order valence-electron chi connectivity index (χ0n) is 9.47. The van der Waals surface area contributed by atoms with E-state index in [4.69, 9.17) is 0 Å². The number of H-pyrrole nitrogens is 1. The Balaban J connectivity index is 2.35. The Morgan fingerprint density at radius 2 is 2.25 bits per heavy atom. The molecule has 4 heteroatoms. The Hall–Kier alpha value is -1.84. The smallest absolute Gasteiger partial charge is 0.267 e. The van der Waals surface area contributed by atoms with Gasteiger partial charge in [0.1, 0.15) is 0 Å². The van der Waals surface area contributed by atoms with Crippen LogP contribution in [0.2, 0.25) is 0 Å². The van der Waals surface area contributed by atoms with Crippen molar-refractivity contribution in [1.82, 2.24) is 14.8 Å². The number of aromatic amines is 1. The number of rotatable bonds is 3. The third kappa shape index (κ3) is 2.21. The summed E-state index contributed by atoms with van der Waals surface area (Å²) in [6, 6.07) is 7.23. The number of pyridine rings is 1. The maximum absolute atomic E-state index is 11.7. The molecule has 16 heavy (non-hydrogen) atoms. The molecule has 2 aromatic heterocycles. The van der Waals surface area contributed by atoms with Crippen LogP contribution in [0.4, 0.5) is 0 Å². The molecule has 0 aliphatic carbocycles. The maximum atomic E-state index is 11.7. The second-order valence-electron chi connectivity index (χ2n) is 4.23. The minimum Gasteiger partial charge on any atom is -0.293 e. The van der Waals surface area contributed by atoms with Gasteiger partial charge >= 0.3 is 0 Å². The predicted molar refractivity (Wildman–Crippen MR) is 63.1 cm³/mol. The van der Waals surface area contributed by atoms with Crippen molar-refractivity contribution in [2.24, 2.45) is 5.92 Å². The van der Waals surface area contributed by atoms with Crippen molar-refractivity contribution in [1.29, 1.82) is 0 Å². The lowest BCUT2D eigenvalue weighted by Gasteiger charge is -2.04. The van der Waals surface area contributed by atoms with Crippen molar-refractivity contribution in [3.8, 4) is 11.4 Å². The van der Waals surface area contributed by atoms with Gasteiger partial charge in [-0.2, -0.15) is 0 Å². The van der Waals surface area contributed by atoms with Crippen LogP contribution >= 0.6 is 0 Å². The van der Waals surface area contributed by atoms with E-state index in [-0.39, 0.29) is 5.56 Å². The highest BCUT2D eigenvalue weighted by atomic mass is 16.1. The molecule has 0 aliphatic heterocycles. The predicted octanol–water partition coefficient (Wildman–Crippen LogP) is 1.89. The molecule has 1 N–H and O–H groups in total. The summed E-state index contributed by atoms with van der Waals surface area (Å²) < 4.78 is 1.62. The fraction of sp³-hybridized carbons (Fsp3) is 0.333. The molecule has 0 saturated carbocycles. The van der Waals surface area contributed by atoms with Gasteiger partial charge in [0, 0.05) is 18.8 Å². The van der Waals surface area contributed by atoms with E-state index < -0.39 is 0 Å². The molecular formula is C12H15N3O. The first-order chi connectivity index (χ1) is 7.66. The van der Waals surface area contributed by atoms with Crippen LogP contribution in [-0.2, 0) is 6.54 Å². The number of hydrogen-bond donors (Lipinski definition) is 1. The third-order valence-corrected chi connectivity index (χ3v) is 2.28. The van der Waals surface area contributed by atoms with Gasteiger partial charge in [-0.15, -0.1) is 0 Å². The fourth-order valence-corrected chi connectivity index (χ4v) is 1.59. The van der Waals surface area contributed by atoms with Gasteiger partial charge in [-0.05, 0) is 18.1 Å². The van der Waals surface area contributed by atoms with Gasteiger partial charge in [0.15, 0.2) is 0 Å². The highest BCUT2D eigenvalue weighted by Gasteiger charge is 2.06. The molecule has 84 valence electrons. The molecule has 0 saturated heterocycles. The van der Waals surface area contributed by atoms with Crippen LogP contribution in [0.5, 0.6) is 0 Å². The van der Waals surface area contributed by atoms with Crippen LogP contribution in [0.1, 0.15) is 13.8 Å². The van der Waals surface area contributed by atoms with Gasteiger partial charge < -0.3 is 0 Å². The van der Waals surface area contributed by atoms with Gasteiger partial charge in [-0.3, -0.25) is 19.6 Å². The standard InChI is InChI=1S/C12H15N3O/c1-9(2)8-15-12(16)7-11(14-15)10-5-3-4-6-13-10/h3-7,9,14H,8H2,1-2H3. The Labute approximate surface area is 93.9 Å². The van der Waals surface area contributed by atoms with Crippen molar-refractivity contribution in [3.05, 3.63) is 40.8 Å². The van der Waals surface area contributed by atoms with Crippen LogP contribution in [0, 0.1) is 5.92 Å². The molecule has 2 aromatic rings. The van der Waals surface area contributed by atoms with E-state index in [0.29, 0.717) is 12.5 Å². The van der Waals surface area contributed by atoms with Crippen molar-refractivity contribution in [2.45, 2.75) is 20.4 Å². The third-order valence-electron chi connectivity index (χ3n) is 2.28. The van der Waals surface area contributed by atoms with Crippen molar-refractivity contribution < 1.29 is 0 Å². The van der Waals surface area contributed by atoms with Gasteiger partial charge in [-0.1, -0.05) is 19.9 Å². The topological polar surface area (TPSA) is 50.7 Å². The number of nitrogens with zero attached hydrogens (tertiary/aromatic N) is 2. The molecular weight excluding hydrogens is 202 g/mol. The summed E-state index contributed by atoms with van der Waals surface area (Å²) in [6.07, 6.45) is 1.72. The second-order valence-corrected chi connectivity index (χ2v) is 4.23. The Morgan fingerprint density at radius 3 is 2.88 bits per heavy atom. The van der Waals surface area contributed by atoms with E-state index in [0.717, 1.165) is 11.4 Å². The summed E-state index contributed by atoms with van der Waals surface area (Å²) in [6.45, 7) is 4.85. The lowest BCUT2D eigenvalue weighted by Crippen LogP contribution is -2.18. The van der Waals surface area contributed by atoms with Gasteiger partial charge in [0.2, 0.25) is 0 Å². The van der Waals surface area contributed by atoms with E-state index in [1.54, 1.807) is 16.9 Å². The molecule has 0 atom stereocenters. The Kier molecular flexibility index (Phi) is 2.90. The van der Waals surface area contributed by atoms with E-state index in [1.807, 2.05) is 18.2 Å². The first kappa shape index (κ1) is 10.7. The molecule has 0 fully saturated rings. The summed E-state index contributed by atoms with van der Waals surface area (Å²) in [7, 11) is 0. The monoisotopic (exact) mass is 217 g/mol. The van der Waals surface area contributed by atoms with Crippen LogP contribution in [0.3, 0.4) is 0 Å². The normalized spacial score (nSPS) is 10.9. The number of aromatic nitrogens is 3. The molecule has 0 unspecified atom stereocenters. The van der Waals surface area contributed by atoms with Crippen LogP contribution < -0.4 is 5.56 Å². The molecule has 0 amide bonds. The molecule has 0 aliphatic rings. The average molecular weight is 217 g/mol. The fourth-order valence-electron chi connectivity index (χ4n) is 1.59. The molecule has 0 aromatic carbocycles. The summed E-state index contributed by atoms with van der Waals surface area (Å²) in [5.41, 5.74) is 1.56. The summed E-state index contributed by atoms with van der Waals surface area (Å²) in [5, 5.41) is 3.07. The minimum atomic E-state index is -0.00523. The van der Waals surface area contributed by atoms with Gasteiger partial charge in [-0.25, -0.2) is 0 Å². The molecule has 0 bridgehead atoms. The van der Waals surface area contributed by atoms with E-state index >= 15 is 0 Å². The summed E-state index contributed by atoms with van der Waals surface area (Å²) >= 11 is 0. The highest BCUT2D eigenvalue weighted by Crippen LogP contribution is 2.10. The van der Waals surface area contributed by atoms with E-state index in [2.05, 4.69) is 23.9 Å². The maximum Gasteiger partial charge on any atom is 0.267 e. The van der Waals surface area contributed by atoms with E-state index in [1.165, 1.54) is 0 Å². The lowest BCUT2D eigenvalue weighted by molar-refractivity contribution is 0.474. The second kappa shape index (κ2) is 4.35. The number of hydrogen-bond acceptors (Lipinski definition) is 2. The number of nitrogens with one attached hydrogen (secondary N) is 1. The molecule has 0 radical (unpaired) electrons. The van der Waals surface area contributed by atoms with Crippen molar-refractivity contribution >= 4 is 0 Å². The largest absolute Gasteiger partial charge is 0.293 e. The lowest BCUT2D eigenvalue weighted by atomic mass is 10.2. The molecule has 0 spiro atoms. The minimum absolute atomic E-state index is 0.00523. The molecule has 4 nitrogen and oxygen atoms in total. The Morgan fingerprint density at radius 1 is 1.44 bits per heavy atom. The van der Waals surface area contributed by atoms with Gasteiger partial charge in [0.25, 0.3) is 5.56 Å². The summed E-state index contributed by atoms with van der Waals surface area (Å²) in [5.74, 6) is 0.438. The SMILES string of the molecule is CC(C)Cn1[nH]c(-c2ccccn2)cc1=O. The quantitative estimate of drug-likeness (QED) is 0.853. The molecule has 2 heterocycles. The first-order valence-electron chi connectivity index (χ1n) is 5.38. The van der Waals surface area contributed by atoms with Crippen LogP contribution in [0.25, 0.3) is 11.4 Å². The van der Waals surface area contributed by atoms with Crippen LogP contribution in [0.15, 0.2) is 35.3 Å². The molecule has 2 rings (SSSR count). The highest BCUT2D eigenvalue weighted by molar-refractivity contribution is 5.52. The van der Waals surface area contributed by atoms with Crippen molar-refractivity contribution in [3.63, 3.8) is 0 Å². The zero-order chi connectivity index (χ0) is 11.5. The average Bonchev–Trinajstić information content (AvgIpc) is 2.61. The van der Waals surface area contributed by atoms with Gasteiger partial charge in [0.05, 0.1) is 11.4 Å². The van der Waals surface area contributed by atoms with Crippen molar-refractivity contribution in [2.75, 3.05) is 0 Å². The first-order valence-corrected chi connectivity index (χ1v) is 5.38. The Bertz CT molecular complexity index is 511.